The second-order valence-electron chi connectivity index (χ2n) is 6.36. The molecule has 5 nitrogen and oxygen atoms in total. The molecular formula is C17H25NO4. The summed E-state index contributed by atoms with van der Waals surface area (Å²) < 4.78 is 16.3. The number of piperidine rings is 1. The minimum Gasteiger partial charge on any atom is -0.493 e. The maximum Gasteiger partial charge on any atom is 0.231 e. The van der Waals surface area contributed by atoms with Crippen LogP contribution in [0.5, 0.6) is 17.2 Å². The van der Waals surface area contributed by atoms with Gasteiger partial charge in [0.2, 0.25) is 12.5 Å². The van der Waals surface area contributed by atoms with Crippen molar-refractivity contribution in [2.45, 2.75) is 32.7 Å². The van der Waals surface area contributed by atoms with E-state index in [1.54, 1.807) is 7.11 Å². The highest BCUT2D eigenvalue weighted by Gasteiger charge is 2.33. The lowest BCUT2D eigenvalue weighted by atomic mass is 9.78. The second-order valence-corrected chi connectivity index (χ2v) is 6.36. The Morgan fingerprint density at radius 3 is 2.95 bits per heavy atom. The molecule has 0 spiro atoms. The van der Waals surface area contributed by atoms with Crippen molar-refractivity contribution in [2.24, 2.45) is 5.41 Å². The Morgan fingerprint density at radius 2 is 2.23 bits per heavy atom. The first-order valence-corrected chi connectivity index (χ1v) is 7.99. The van der Waals surface area contributed by atoms with Crippen molar-refractivity contribution < 1.29 is 19.3 Å². The predicted octanol–water partition coefficient (Wildman–Crippen LogP) is 2.41. The summed E-state index contributed by atoms with van der Waals surface area (Å²) in [6.45, 7) is 5.54. The Kier molecular flexibility index (Phi) is 4.45. The van der Waals surface area contributed by atoms with Gasteiger partial charge >= 0.3 is 0 Å². The van der Waals surface area contributed by atoms with Crippen LogP contribution in [-0.2, 0) is 6.54 Å². The molecule has 0 aromatic heterocycles. The number of hydrogen-bond donors (Lipinski definition) is 1. The van der Waals surface area contributed by atoms with Gasteiger partial charge < -0.3 is 19.3 Å². The molecule has 2 aliphatic rings. The smallest absolute Gasteiger partial charge is 0.231 e. The van der Waals surface area contributed by atoms with E-state index in [0.717, 1.165) is 56.0 Å². The summed E-state index contributed by atoms with van der Waals surface area (Å²) in [4.78, 5) is 2.42. The molecule has 0 radical (unpaired) electrons. The SMILES string of the molecule is CC[C@@]1(CO)CCCN(Cc2cc(OC)c3c(c2)OCO3)C1. The number of benzene rings is 1. The number of nitrogens with zero attached hydrogens (tertiary/aromatic N) is 1. The monoisotopic (exact) mass is 307 g/mol. The molecule has 22 heavy (non-hydrogen) atoms. The Labute approximate surface area is 131 Å². The highest BCUT2D eigenvalue weighted by Crippen LogP contribution is 2.42. The van der Waals surface area contributed by atoms with Crippen molar-refractivity contribution >= 4 is 0 Å². The molecule has 2 aliphatic heterocycles. The summed E-state index contributed by atoms with van der Waals surface area (Å²) in [7, 11) is 1.65. The van der Waals surface area contributed by atoms with Gasteiger partial charge in [0.15, 0.2) is 11.5 Å². The quantitative estimate of drug-likeness (QED) is 0.905. The van der Waals surface area contributed by atoms with Gasteiger partial charge in [-0.1, -0.05) is 6.92 Å². The van der Waals surface area contributed by atoms with E-state index >= 15 is 0 Å². The van der Waals surface area contributed by atoms with Crippen molar-refractivity contribution in [2.75, 3.05) is 33.6 Å². The first kappa shape index (κ1) is 15.4. The van der Waals surface area contributed by atoms with Gasteiger partial charge in [0.25, 0.3) is 0 Å². The number of rotatable bonds is 5. The summed E-state index contributed by atoms with van der Waals surface area (Å²) in [6, 6.07) is 4.06. The third-order valence-corrected chi connectivity index (χ3v) is 4.95. The first-order valence-electron chi connectivity index (χ1n) is 7.99. The Morgan fingerprint density at radius 1 is 1.36 bits per heavy atom. The number of aliphatic hydroxyl groups excluding tert-OH is 1. The van der Waals surface area contributed by atoms with Gasteiger partial charge in [-0.3, -0.25) is 4.90 Å². The number of aliphatic hydroxyl groups is 1. The van der Waals surface area contributed by atoms with Gasteiger partial charge in [0.1, 0.15) is 0 Å². The zero-order valence-corrected chi connectivity index (χ0v) is 13.4. The van der Waals surface area contributed by atoms with Crippen LogP contribution in [0, 0.1) is 5.41 Å². The molecule has 0 bridgehead atoms. The maximum absolute atomic E-state index is 9.75. The Hall–Kier alpha value is -1.46. The minimum absolute atomic E-state index is 0.0542. The largest absolute Gasteiger partial charge is 0.493 e. The number of hydrogen-bond acceptors (Lipinski definition) is 5. The fraction of sp³-hybridized carbons (Fsp3) is 0.647. The zero-order chi connectivity index (χ0) is 15.6. The van der Waals surface area contributed by atoms with Crippen LogP contribution in [0.3, 0.4) is 0 Å². The van der Waals surface area contributed by atoms with Crippen LogP contribution < -0.4 is 14.2 Å². The van der Waals surface area contributed by atoms with E-state index in [0.29, 0.717) is 5.75 Å². The average molecular weight is 307 g/mol. The number of ether oxygens (including phenoxy) is 3. The molecule has 1 N–H and O–H groups in total. The van der Waals surface area contributed by atoms with Crippen LogP contribution in [0.4, 0.5) is 0 Å². The van der Waals surface area contributed by atoms with Gasteiger partial charge in [-0.25, -0.2) is 0 Å². The fourth-order valence-electron chi connectivity index (χ4n) is 3.51. The van der Waals surface area contributed by atoms with Gasteiger partial charge in [0, 0.05) is 25.1 Å². The van der Waals surface area contributed by atoms with E-state index in [4.69, 9.17) is 14.2 Å². The fourth-order valence-corrected chi connectivity index (χ4v) is 3.51. The van der Waals surface area contributed by atoms with Crippen LogP contribution >= 0.6 is 0 Å². The predicted molar refractivity (Wildman–Crippen MR) is 83.4 cm³/mol. The summed E-state index contributed by atoms with van der Waals surface area (Å²) in [5.74, 6) is 2.18. The standard InChI is InChI=1S/C17H25NO4/c1-3-17(11-19)5-4-6-18(10-17)9-13-7-14(20-2)16-15(8-13)21-12-22-16/h7-8,19H,3-6,9-12H2,1-2H3/t17-/m1/s1. The number of methoxy groups -OCH3 is 1. The molecule has 0 unspecified atom stereocenters. The van der Waals surface area contributed by atoms with Crippen molar-refractivity contribution in [3.05, 3.63) is 17.7 Å². The van der Waals surface area contributed by atoms with E-state index < -0.39 is 0 Å². The molecular weight excluding hydrogens is 282 g/mol. The molecule has 1 atom stereocenters. The van der Waals surface area contributed by atoms with E-state index in [9.17, 15) is 5.11 Å². The highest BCUT2D eigenvalue weighted by molar-refractivity contribution is 5.55. The first-order chi connectivity index (χ1) is 10.7. The Bertz CT molecular complexity index is 528. The van der Waals surface area contributed by atoms with Crippen molar-refractivity contribution in [3.63, 3.8) is 0 Å². The van der Waals surface area contributed by atoms with Crippen LogP contribution in [0.2, 0.25) is 0 Å². The Balaban J connectivity index is 1.76. The van der Waals surface area contributed by atoms with Gasteiger partial charge in [0.05, 0.1) is 7.11 Å². The van der Waals surface area contributed by atoms with Gasteiger partial charge in [-0.15, -0.1) is 0 Å². The molecule has 5 heteroatoms. The van der Waals surface area contributed by atoms with Gasteiger partial charge in [-0.05, 0) is 43.5 Å². The lowest BCUT2D eigenvalue weighted by Gasteiger charge is -2.41. The molecule has 1 aromatic rings. The minimum atomic E-state index is 0.0542. The van der Waals surface area contributed by atoms with E-state index in [-0.39, 0.29) is 18.8 Å². The highest BCUT2D eigenvalue weighted by atomic mass is 16.7. The molecule has 1 fully saturated rings. The molecule has 0 saturated carbocycles. The van der Waals surface area contributed by atoms with E-state index in [1.807, 2.05) is 12.1 Å². The maximum atomic E-state index is 9.75. The van der Waals surface area contributed by atoms with E-state index in [1.165, 1.54) is 0 Å². The molecule has 0 amide bonds. The number of likely N-dealkylation sites (tertiary alicyclic amines) is 1. The second kappa shape index (κ2) is 6.34. The average Bonchev–Trinajstić information content (AvgIpc) is 3.02. The van der Waals surface area contributed by atoms with Crippen molar-refractivity contribution in [3.8, 4) is 17.2 Å². The molecule has 0 aliphatic carbocycles. The van der Waals surface area contributed by atoms with Crippen LogP contribution in [-0.4, -0.2) is 43.6 Å². The molecule has 2 heterocycles. The third kappa shape index (κ3) is 2.88. The molecule has 1 saturated heterocycles. The summed E-state index contributed by atoms with van der Waals surface area (Å²) in [5.41, 5.74) is 1.21. The lowest BCUT2D eigenvalue weighted by molar-refractivity contribution is 0.0258. The van der Waals surface area contributed by atoms with E-state index in [2.05, 4.69) is 11.8 Å². The van der Waals surface area contributed by atoms with Gasteiger partial charge in [-0.2, -0.15) is 0 Å². The normalized spacial score (nSPS) is 24.5. The summed E-state index contributed by atoms with van der Waals surface area (Å²) in [5, 5.41) is 9.75. The van der Waals surface area contributed by atoms with Crippen LogP contribution in [0.25, 0.3) is 0 Å². The number of fused-ring (bicyclic) bond motifs is 1. The molecule has 3 rings (SSSR count). The van der Waals surface area contributed by atoms with Crippen LogP contribution in [0.1, 0.15) is 31.7 Å². The summed E-state index contributed by atoms with van der Waals surface area (Å²) in [6.07, 6.45) is 3.27. The lowest BCUT2D eigenvalue weighted by Crippen LogP contribution is -2.44. The summed E-state index contributed by atoms with van der Waals surface area (Å²) >= 11 is 0. The third-order valence-electron chi connectivity index (χ3n) is 4.95. The van der Waals surface area contributed by atoms with Crippen molar-refractivity contribution in [1.29, 1.82) is 0 Å². The zero-order valence-electron chi connectivity index (χ0n) is 13.4. The van der Waals surface area contributed by atoms with Crippen molar-refractivity contribution in [1.82, 2.24) is 4.90 Å². The topological polar surface area (TPSA) is 51.2 Å². The molecule has 1 aromatic carbocycles. The van der Waals surface area contributed by atoms with Crippen LogP contribution in [0.15, 0.2) is 12.1 Å². The molecule has 122 valence electrons.